The average Bonchev–Trinajstić information content (AvgIpc) is 2.92. The second kappa shape index (κ2) is 4.51. The van der Waals surface area contributed by atoms with Crippen LogP contribution in [-0.4, -0.2) is 31.1 Å². The zero-order valence-corrected chi connectivity index (χ0v) is 11.6. The highest BCUT2D eigenvalue weighted by Gasteiger charge is 2.71. The summed E-state index contributed by atoms with van der Waals surface area (Å²) >= 11 is 0. The van der Waals surface area contributed by atoms with Gasteiger partial charge in [-0.3, -0.25) is 0 Å². The molecule has 2 rings (SSSR count). The van der Waals surface area contributed by atoms with Crippen LogP contribution in [0.4, 0.5) is 4.39 Å². The first-order chi connectivity index (χ1) is 7.88. The molecule has 0 aromatic heterocycles. The van der Waals surface area contributed by atoms with Crippen LogP contribution in [0.25, 0.3) is 0 Å². The van der Waals surface area contributed by atoms with Gasteiger partial charge in [0.05, 0.1) is 24.9 Å². The molecule has 0 heterocycles. The Balaban J connectivity index is 2.05. The molecule has 3 heteroatoms. The maximum atomic E-state index is 14.2. The Morgan fingerprint density at radius 1 is 1.24 bits per heavy atom. The number of hydrogen-bond donors (Lipinski definition) is 0. The van der Waals surface area contributed by atoms with Crippen molar-refractivity contribution in [3.8, 4) is 0 Å². The Bertz CT molecular complexity index is 279. The van der Waals surface area contributed by atoms with Crippen molar-refractivity contribution in [1.82, 2.24) is 0 Å². The number of alkyl halides is 1. The zero-order chi connectivity index (χ0) is 12.8. The van der Waals surface area contributed by atoms with E-state index < -0.39 is 6.17 Å². The minimum atomic E-state index is -0.827. The number of fused-ring (bicyclic) bond motifs is 1. The third-order valence-corrected chi connectivity index (χ3v) is 4.28. The lowest BCUT2D eigenvalue weighted by atomic mass is 9.99. The predicted octanol–water partition coefficient (Wildman–Crippen LogP) is 3.20. The van der Waals surface area contributed by atoms with E-state index in [2.05, 4.69) is 0 Å². The maximum Gasteiger partial charge on any atom is 0.130 e. The van der Waals surface area contributed by atoms with Crippen molar-refractivity contribution >= 4 is 0 Å². The van der Waals surface area contributed by atoms with Gasteiger partial charge >= 0.3 is 0 Å². The normalized spacial score (nSPS) is 44.5. The quantitative estimate of drug-likeness (QED) is 0.739. The summed E-state index contributed by atoms with van der Waals surface area (Å²) in [4.78, 5) is 0. The van der Waals surface area contributed by atoms with E-state index in [-0.39, 0.29) is 29.6 Å². The van der Waals surface area contributed by atoms with Crippen molar-refractivity contribution in [1.29, 1.82) is 0 Å². The number of rotatable bonds is 5. The van der Waals surface area contributed by atoms with E-state index in [9.17, 15) is 4.39 Å². The van der Waals surface area contributed by atoms with Crippen molar-refractivity contribution in [3.05, 3.63) is 0 Å². The molecular formula is C14H25FO2. The molecule has 17 heavy (non-hydrogen) atoms. The molecule has 0 saturated heterocycles. The van der Waals surface area contributed by atoms with Crippen LogP contribution in [0.1, 0.15) is 41.0 Å². The molecule has 0 aromatic carbocycles. The Morgan fingerprint density at radius 2 is 1.88 bits per heavy atom. The molecule has 0 aromatic rings. The average molecular weight is 244 g/mol. The van der Waals surface area contributed by atoms with Crippen LogP contribution >= 0.6 is 0 Å². The summed E-state index contributed by atoms with van der Waals surface area (Å²) in [6.45, 7) is 10.7. The molecule has 0 unspecified atom stereocenters. The third-order valence-electron chi connectivity index (χ3n) is 4.28. The van der Waals surface area contributed by atoms with Gasteiger partial charge in [-0.05, 0) is 46.0 Å². The smallest absolute Gasteiger partial charge is 0.130 e. The van der Waals surface area contributed by atoms with Gasteiger partial charge in [0.15, 0.2) is 0 Å². The molecule has 0 N–H and O–H groups in total. The van der Waals surface area contributed by atoms with Gasteiger partial charge in [0.2, 0.25) is 0 Å². The fourth-order valence-corrected chi connectivity index (χ4v) is 3.28. The van der Waals surface area contributed by atoms with Crippen molar-refractivity contribution in [2.75, 3.05) is 6.61 Å². The predicted molar refractivity (Wildman–Crippen MR) is 65.7 cm³/mol. The SMILES string of the molecule is CC(C)OC[C@@]12C[C@@H]1[C@@H](C)[C@H](F)[C@@H]2OC(C)C. The topological polar surface area (TPSA) is 18.5 Å². The molecule has 0 amide bonds. The van der Waals surface area contributed by atoms with Gasteiger partial charge in [0.25, 0.3) is 0 Å². The van der Waals surface area contributed by atoms with E-state index in [0.29, 0.717) is 12.5 Å². The fourth-order valence-electron chi connectivity index (χ4n) is 3.28. The van der Waals surface area contributed by atoms with E-state index in [1.807, 2.05) is 34.6 Å². The highest BCUT2D eigenvalue weighted by Crippen LogP contribution is 2.67. The molecule has 2 saturated carbocycles. The third kappa shape index (κ3) is 2.24. The lowest BCUT2D eigenvalue weighted by Crippen LogP contribution is -2.37. The summed E-state index contributed by atoms with van der Waals surface area (Å²) in [5, 5.41) is 0. The standard InChI is InChI=1S/C14H25FO2/c1-8(2)16-7-14-6-11(14)10(5)12(15)13(14)17-9(3)4/h8-13H,6-7H2,1-5H3/t10-,11-,12+,13+,14+/m1/s1. The molecule has 100 valence electrons. The zero-order valence-electron chi connectivity index (χ0n) is 11.6. The summed E-state index contributed by atoms with van der Waals surface area (Å²) in [6.07, 6.45) is 0.270. The van der Waals surface area contributed by atoms with E-state index in [1.165, 1.54) is 0 Å². The first-order valence-corrected chi connectivity index (χ1v) is 6.79. The summed E-state index contributed by atoms with van der Waals surface area (Å²) in [7, 11) is 0. The molecule has 2 nitrogen and oxygen atoms in total. The van der Waals surface area contributed by atoms with Crippen LogP contribution in [0.2, 0.25) is 0 Å². The van der Waals surface area contributed by atoms with E-state index in [4.69, 9.17) is 9.47 Å². The van der Waals surface area contributed by atoms with Gasteiger partial charge < -0.3 is 9.47 Å². The number of hydrogen-bond acceptors (Lipinski definition) is 2. The van der Waals surface area contributed by atoms with E-state index in [0.717, 1.165) is 6.42 Å². The summed E-state index contributed by atoms with van der Waals surface area (Å²) in [5.41, 5.74) is -0.0344. The second-order valence-corrected chi connectivity index (χ2v) is 6.31. The Hall–Kier alpha value is -0.150. The molecule has 0 aliphatic heterocycles. The minimum absolute atomic E-state index is 0.0344. The van der Waals surface area contributed by atoms with Crippen molar-refractivity contribution in [3.63, 3.8) is 0 Å². The highest BCUT2D eigenvalue weighted by molar-refractivity contribution is 5.18. The van der Waals surface area contributed by atoms with Crippen LogP contribution in [0.15, 0.2) is 0 Å². The number of halogens is 1. The Labute approximate surface area is 104 Å². The number of ether oxygens (including phenoxy) is 2. The van der Waals surface area contributed by atoms with Crippen LogP contribution in [-0.2, 0) is 9.47 Å². The fraction of sp³-hybridized carbons (Fsp3) is 1.00. The molecule has 2 aliphatic carbocycles. The van der Waals surface area contributed by atoms with Gasteiger partial charge in [-0.25, -0.2) is 4.39 Å². The highest BCUT2D eigenvalue weighted by atomic mass is 19.1. The van der Waals surface area contributed by atoms with Gasteiger partial charge in [-0.1, -0.05) is 6.92 Å². The van der Waals surface area contributed by atoms with E-state index >= 15 is 0 Å². The lowest BCUT2D eigenvalue weighted by Gasteiger charge is -2.28. The van der Waals surface area contributed by atoms with Gasteiger partial charge in [-0.2, -0.15) is 0 Å². The summed E-state index contributed by atoms with van der Waals surface area (Å²) in [6, 6.07) is 0. The molecule has 2 aliphatic rings. The van der Waals surface area contributed by atoms with Crippen LogP contribution < -0.4 is 0 Å². The molecule has 0 spiro atoms. The van der Waals surface area contributed by atoms with E-state index in [1.54, 1.807) is 0 Å². The van der Waals surface area contributed by atoms with Crippen LogP contribution in [0.3, 0.4) is 0 Å². The van der Waals surface area contributed by atoms with Gasteiger partial charge in [0, 0.05) is 5.41 Å². The Kier molecular flexibility index (Phi) is 3.52. The van der Waals surface area contributed by atoms with Gasteiger partial charge in [-0.15, -0.1) is 0 Å². The van der Waals surface area contributed by atoms with Crippen LogP contribution in [0.5, 0.6) is 0 Å². The van der Waals surface area contributed by atoms with Crippen molar-refractivity contribution < 1.29 is 13.9 Å². The van der Waals surface area contributed by atoms with Crippen molar-refractivity contribution in [2.24, 2.45) is 17.3 Å². The monoisotopic (exact) mass is 244 g/mol. The maximum absolute atomic E-state index is 14.2. The van der Waals surface area contributed by atoms with Crippen molar-refractivity contribution in [2.45, 2.75) is 65.5 Å². The van der Waals surface area contributed by atoms with Gasteiger partial charge in [0.1, 0.15) is 6.17 Å². The summed E-state index contributed by atoms with van der Waals surface area (Å²) < 4.78 is 25.8. The molecule has 5 atom stereocenters. The molecule has 2 fully saturated rings. The summed E-state index contributed by atoms with van der Waals surface area (Å²) in [5.74, 6) is 0.578. The first-order valence-electron chi connectivity index (χ1n) is 6.79. The Morgan fingerprint density at radius 3 is 2.41 bits per heavy atom. The lowest BCUT2D eigenvalue weighted by molar-refractivity contribution is -0.0907. The second-order valence-electron chi connectivity index (χ2n) is 6.31. The minimum Gasteiger partial charge on any atom is -0.378 e. The molecular weight excluding hydrogens is 219 g/mol. The first kappa shape index (κ1) is 13.3. The largest absolute Gasteiger partial charge is 0.378 e. The molecule has 0 bridgehead atoms. The molecule has 0 radical (unpaired) electrons. The van der Waals surface area contributed by atoms with Crippen LogP contribution in [0, 0.1) is 17.3 Å².